The summed E-state index contributed by atoms with van der Waals surface area (Å²) in [6.07, 6.45) is -3.47. The van der Waals surface area contributed by atoms with Gasteiger partial charge in [-0.05, 0) is 29.8 Å². The molecule has 0 aliphatic heterocycles. The normalized spacial score (nSPS) is 11.2. The number of hydrogen-bond donors (Lipinski definition) is 1. The number of pyridine rings is 1. The van der Waals surface area contributed by atoms with Crippen molar-refractivity contribution < 1.29 is 27.8 Å². The second-order valence-corrected chi connectivity index (χ2v) is 4.19. The van der Waals surface area contributed by atoms with Gasteiger partial charge >= 0.3 is 12.1 Å². The van der Waals surface area contributed by atoms with Crippen molar-refractivity contribution in [2.45, 2.75) is 6.18 Å². The van der Waals surface area contributed by atoms with Crippen molar-refractivity contribution in [1.82, 2.24) is 4.98 Å². The summed E-state index contributed by atoms with van der Waals surface area (Å²) in [7, 11) is 1.37. The molecule has 7 heteroatoms. The van der Waals surface area contributed by atoms with Crippen LogP contribution in [-0.2, 0) is 6.18 Å². The topological polar surface area (TPSA) is 59.4 Å². The number of carboxylic acid groups (broad SMARTS) is 1. The molecule has 2 aromatic rings. The Kier molecular flexibility index (Phi) is 3.84. The van der Waals surface area contributed by atoms with Crippen LogP contribution in [0.5, 0.6) is 5.75 Å². The molecule has 0 radical (unpaired) electrons. The second-order valence-electron chi connectivity index (χ2n) is 4.19. The minimum absolute atomic E-state index is 0.0238. The average Bonchev–Trinajstić information content (AvgIpc) is 2.46. The molecule has 0 aliphatic rings. The maximum Gasteiger partial charge on any atom is 0.433 e. The molecule has 0 saturated carbocycles. The van der Waals surface area contributed by atoms with Gasteiger partial charge in [0.2, 0.25) is 0 Å². The highest BCUT2D eigenvalue weighted by molar-refractivity contribution is 5.90. The number of alkyl halides is 3. The molecule has 0 saturated heterocycles. The van der Waals surface area contributed by atoms with Crippen LogP contribution in [0.3, 0.4) is 0 Å². The van der Waals surface area contributed by atoms with Crippen LogP contribution in [0.25, 0.3) is 11.1 Å². The van der Waals surface area contributed by atoms with E-state index in [1.807, 2.05) is 0 Å². The van der Waals surface area contributed by atoms with Crippen LogP contribution < -0.4 is 4.74 Å². The lowest BCUT2D eigenvalue weighted by molar-refractivity contribution is -0.141. The number of nitrogens with zero attached hydrogens (tertiary/aromatic N) is 1. The van der Waals surface area contributed by atoms with E-state index in [1.165, 1.54) is 31.4 Å². The van der Waals surface area contributed by atoms with Crippen molar-refractivity contribution in [3.63, 3.8) is 0 Å². The second kappa shape index (κ2) is 5.43. The van der Waals surface area contributed by atoms with Crippen molar-refractivity contribution >= 4 is 5.97 Å². The summed E-state index contributed by atoms with van der Waals surface area (Å²) in [5.74, 6) is -0.861. The predicted molar refractivity (Wildman–Crippen MR) is 68.2 cm³/mol. The zero-order chi connectivity index (χ0) is 15.6. The fourth-order valence-electron chi connectivity index (χ4n) is 1.74. The van der Waals surface area contributed by atoms with Crippen LogP contribution in [0.1, 0.15) is 16.1 Å². The monoisotopic (exact) mass is 297 g/mol. The zero-order valence-corrected chi connectivity index (χ0v) is 10.8. The maximum absolute atomic E-state index is 12.5. The van der Waals surface area contributed by atoms with Gasteiger partial charge in [-0.15, -0.1) is 0 Å². The van der Waals surface area contributed by atoms with Gasteiger partial charge in [-0.25, -0.2) is 4.79 Å². The van der Waals surface area contributed by atoms with Crippen molar-refractivity contribution in [3.8, 4) is 16.9 Å². The molecule has 0 atom stereocenters. The van der Waals surface area contributed by atoms with Gasteiger partial charge in [0.1, 0.15) is 11.4 Å². The van der Waals surface area contributed by atoms with Gasteiger partial charge in [-0.1, -0.05) is 6.07 Å². The molecule has 0 unspecified atom stereocenters. The minimum Gasteiger partial charge on any atom is -0.497 e. The quantitative estimate of drug-likeness (QED) is 0.942. The summed E-state index contributed by atoms with van der Waals surface area (Å²) in [6.45, 7) is 0. The maximum atomic E-state index is 12.5. The molecule has 4 nitrogen and oxygen atoms in total. The Morgan fingerprint density at radius 1 is 1.19 bits per heavy atom. The summed E-state index contributed by atoms with van der Waals surface area (Å²) in [6, 6.07) is 6.26. The van der Waals surface area contributed by atoms with Gasteiger partial charge in [0, 0.05) is 11.8 Å². The van der Waals surface area contributed by atoms with E-state index < -0.39 is 17.8 Å². The Balaban J connectivity index is 2.46. The molecule has 0 fully saturated rings. The molecule has 21 heavy (non-hydrogen) atoms. The van der Waals surface area contributed by atoms with Gasteiger partial charge in [0.25, 0.3) is 0 Å². The molecule has 0 bridgehead atoms. The largest absolute Gasteiger partial charge is 0.497 e. The van der Waals surface area contributed by atoms with E-state index in [-0.39, 0.29) is 5.56 Å². The van der Waals surface area contributed by atoms with E-state index in [2.05, 4.69) is 4.98 Å². The average molecular weight is 297 g/mol. The molecule has 110 valence electrons. The first-order valence-electron chi connectivity index (χ1n) is 5.77. The standard InChI is InChI=1S/C14H10F3NO3/c1-21-11-5-9(4-10(6-11)13(19)20)8-2-3-12(18-7-8)14(15,16)17/h2-7H,1H3,(H,19,20). The van der Waals surface area contributed by atoms with Crippen molar-refractivity contribution in [2.75, 3.05) is 7.11 Å². The van der Waals surface area contributed by atoms with E-state index in [4.69, 9.17) is 9.84 Å². The fraction of sp³-hybridized carbons (Fsp3) is 0.143. The molecule has 0 spiro atoms. The summed E-state index contributed by atoms with van der Waals surface area (Å²) in [4.78, 5) is 14.4. The zero-order valence-electron chi connectivity index (χ0n) is 10.8. The number of hydrogen-bond acceptors (Lipinski definition) is 3. The van der Waals surface area contributed by atoms with Crippen molar-refractivity contribution in [3.05, 3.63) is 47.8 Å². The van der Waals surface area contributed by atoms with Gasteiger partial charge < -0.3 is 9.84 Å². The Morgan fingerprint density at radius 3 is 2.38 bits per heavy atom. The van der Waals surface area contributed by atoms with Gasteiger partial charge in [0.15, 0.2) is 0 Å². The first-order valence-corrected chi connectivity index (χ1v) is 5.77. The number of aromatic nitrogens is 1. The number of aromatic carboxylic acids is 1. The molecule has 2 rings (SSSR count). The first kappa shape index (κ1) is 14.8. The molecule has 0 amide bonds. The number of halogens is 3. The Morgan fingerprint density at radius 2 is 1.90 bits per heavy atom. The van der Waals surface area contributed by atoms with E-state index in [1.54, 1.807) is 0 Å². The molecule has 1 heterocycles. The van der Waals surface area contributed by atoms with Crippen LogP contribution in [0.2, 0.25) is 0 Å². The number of rotatable bonds is 3. The summed E-state index contributed by atoms with van der Waals surface area (Å²) in [5, 5.41) is 9.01. The van der Waals surface area contributed by atoms with Crippen molar-refractivity contribution in [1.29, 1.82) is 0 Å². The summed E-state index contributed by atoms with van der Waals surface area (Å²) >= 11 is 0. The van der Waals surface area contributed by atoms with Gasteiger partial charge in [-0.2, -0.15) is 13.2 Å². The lowest BCUT2D eigenvalue weighted by Crippen LogP contribution is -2.07. The fourth-order valence-corrected chi connectivity index (χ4v) is 1.74. The minimum atomic E-state index is -4.51. The molecule has 0 aliphatic carbocycles. The molecular formula is C14H10F3NO3. The molecular weight excluding hydrogens is 287 g/mol. The molecule has 1 aromatic heterocycles. The Hall–Kier alpha value is -2.57. The van der Waals surface area contributed by atoms with Crippen molar-refractivity contribution in [2.24, 2.45) is 0 Å². The van der Waals surface area contributed by atoms with E-state index >= 15 is 0 Å². The van der Waals surface area contributed by atoms with E-state index in [0.717, 1.165) is 12.3 Å². The molecule has 1 aromatic carbocycles. The number of carboxylic acids is 1. The summed E-state index contributed by atoms with van der Waals surface area (Å²) < 4.78 is 42.3. The highest BCUT2D eigenvalue weighted by atomic mass is 19.4. The number of ether oxygens (including phenoxy) is 1. The number of benzene rings is 1. The van der Waals surface area contributed by atoms with Crippen LogP contribution in [-0.4, -0.2) is 23.2 Å². The Bertz CT molecular complexity index is 666. The third-order valence-corrected chi connectivity index (χ3v) is 2.78. The van der Waals surface area contributed by atoms with Crippen LogP contribution in [0.4, 0.5) is 13.2 Å². The smallest absolute Gasteiger partial charge is 0.433 e. The highest BCUT2D eigenvalue weighted by Gasteiger charge is 2.32. The molecule has 1 N–H and O–H groups in total. The SMILES string of the molecule is COc1cc(C(=O)O)cc(-c2ccc(C(F)(F)F)nc2)c1. The van der Waals surface area contributed by atoms with Crippen LogP contribution in [0, 0.1) is 0 Å². The lowest BCUT2D eigenvalue weighted by atomic mass is 10.0. The lowest BCUT2D eigenvalue weighted by Gasteiger charge is -2.09. The highest BCUT2D eigenvalue weighted by Crippen LogP contribution is 2.30. The van der Waals surface area contributed by atoms with Gasteiger partial charge in [0.05, 0.1) is 12.7 Å². The first-order chi connectivity index (χ1) is 9.81. The van der Waals surface area contributed by atoms with Gasteiger partial charge in [-0.3, -0.25) is 4.98 Å². The predicted octanol–water partition coefficient (Wildman–Crippen LogP) is 3.47. The van der Waals surface area contributed by atoms with E-state index in [0.29, 0.717) is 16.9 Å². The summed E-state index contributed by atoms with van der Waals surface area (Å²) in [5.41, 5.74) is -0.255. The number of methoxy groups -OCH3 is 1. The van der Waals surface area contributed by atoms with Crippen LogP contribution in [0.15, 0.2) is 36.5 Å². The van der Waals surface area contributed by atoms with Crippen LogP contribution >= 0.6 is 0 Å². The van der Waals surface area contributed by atoms with E-state index in [9.17, 15) is 18.0 Å². The Labute approximate surface area is 117 Å². The third-order valence-electron chi connectivity index (χ3n) is 2.78. The third kappa shape index (κ3) is 3.31. The number of carbonyl (C=O) groups is 1.